The van der Waals surface area contributed by atoms with Crippen LogP contribution in [0.25, 0.3) is 11.3 Å². The van der Waals surface area contributed by atoms with Gasteiger partial charge in [0.15, 0.2) is 0 Å². The van der Waals surface area contributed by atoms with Gasteiger partial charge in [-0.2, -0.15) is 0 Å². The highest BCUT2D eigenvalue weighted by Crippen LogP contribution is 2.28. The number of rotatable bonds is 2. The molecule has 0 fully saturated rings. The van der Waals surface area contributed by atoms with Crippen LogP contribution in [0.1, 0.15) is 31.2 Å². The first kappa shape index (κ1) is 14.1. The third-order valence-corrected chi connectivity index (χ3v) is 3.65. The fourth-order valence-electron chi connectivity index (χ4n) is 1.75. The average Bonchev–Trinajstić information content (AvgIpc) is 2.35. The smallest absolute Gasteiger partial charge is 0.254 e. The quantitative estimate of drug-likeness (QED) is 0.904. The van der Waals surface area contributed by atoms with E-state index >= 15 is 0 Å². The van der Waals surface area contributed by atoms with Gasteiger partial charge in [0.2, 0.25) is 0 Å². The standard InChI is InChI=1S/C14H14Cl2N2O/c1-7(2)13-17-12(8(3)14(19)18-13)9-4-5-10(15)11(16)6-9/h4-7H,1-3H3,(H,17,18,19). The average molecular weight is 297 g/mol. The molecule has 100 valence electrons. The molecule has 0 atom stereocenters. The summed E-state index contributed by atoms with van der Waals surface area (Å²) in [7, 11) is 0. The highest BCUT2D eigenvalue weighted by Gasteiger charge is 2.12. The van der Waals surface area contributed by atoms with E-state index in [9.17, 15) is 4.79 Å². The van der Waals surface area contributed by atoms with Gasteiger partial charge in [-0.15, -0.1) is 0 Å². The van der Waals surface area contributed by atoms with Crippen LogP contribution in [0.5, 0.6) is 0 Å². The second kappa shape index (κ2) is 5.35. The van der Waals surface area contributed by atoms with Crippen molar-refractivity contribution in [2.45, 2.75) is 26.7 Å². The molecule has 1 aromatic carbocycles. The molecule has 0 unspecified atom stereocenters. The molecule has 0 saturated carbocycles. The number of benzene rings is 1. The Morgan fingerprint density at radius 3 is 2.47 bits per heavy atom. The third-order valence-electron chi connectivity index (χ3n) is 2.91. The zero-order chi connectivity index (χ0) is 14.2. The van der Waals surface area contributed by atoms with E-state index in [0.717, 1.165) is 5.56 Å². The molecule has 1 aromatic heterocycles. The molecule has 0 amide bonds. The van der Waals surface area contributed by atoms with Gasteiger partial charge in [-0.05, 0) is 19.1 Å². The summed E-state index contributed by atoms with van der Waals surface area (Å²) in [5, 5.41) is 0.934. The molecular weight excluding hydrogens is 283 g/mol. The Bertz CT molecular complexity index is 678. The lowest BCUT2D eigenvalue weighted by atomic mass is 10.1. The molecule has 5 heteroatoms. The molecule has 0 bridgehead atoms. The van der Waals surface area contributed by atoms with E-state index in [1.54, 1.807) is 19.1 Å². The van der Waals surface area contributed by atoms with Crippen LogP contribution < -0.4 is 5.56 Å². The first-order valence-corrected chi connectivity index (χ1v) is 6.72. The fourth-order valence-corrected chi connectivity index (χ4v) is 2.05. The maximum absolute atomic E-state index is 11.9. The van der Waals surface area contributed by atoms with Gasteiger partial charge in [-0.1, -0.05) is 43.1 Å². The summed E-state index contributed by atoms with van der Waals surface area (Å²) in [5.41, 5.74) is 1.88. The largest absolute Gasteiger partial charge is 0.310 e. The van der Waals surface area contributed by atoms with E-state index in [1.807, 2.05) is 19.9 Å². The van der Waals surface area contributed by atoms with E-state index in [4.69, 9.17) is 23.2 Å². The van der Waals surface area contributed by atoms with Crippen molar-refractivity contribution in [3.05, 3.63) is 50.0 Å². The van der Waals surface area contributed by atoms with Gasteiger partial charge < -0.3 is 4.98 Å². The molecule has 0 radical (unpaired) electrons. The number of halogens is 2. The lowest BCUT2D eigenvalue weighted by molar-refractivity contribution is 0.765. The Labute approximate surface area is 121 Å². The Balaban J connectivity index is 2.67. The second-order valence-electron chi connectivity index (χ2n) is 4.71. The van der Waals surface area contributed by atoms with Crippen LogP contribution in [-0.4, -0.2) is 9.97 Å². The van der Waals surface area contributed by atoms with Crippen molar-refractivity contribution in [1.82, 2.24) is 9.97 Å². The van der Waals surface area contributed by atoms with Crippen LogP contribution in [0.2, 0.25) is 10.0 Å². The maximum atomic E-state index is 11.9. The summed E-state index contributed by atoms with van der Waals surface area (Å²) < 4.78 is 0. The summed E-state index contributed by atoms with van der Waals surface area (Å²) in [5.74, 6) is 0.812. The van der Waals surface area contributed by atoms with E-state index in [1.165, 1.54) is 0 Å². The minimum Gasteiger partial charge on any atom is -0.310 e. The van der Waals surface area contributed by atoms with Gasteiger partial charge in [-0.3, -0.25) is 4.79 Å². The highest BCUT2D eigenvalue weighted by atomic mass is 35.5. The molecule has 1 heterocycles. The van der Waals surface area contributed by atoms with E-state index in [2.05, 4.69) is 9.97 Å². The zero-order valence-electron chi connectivity index (χ0n) is 10.9. The molecule has 3 nitrogen and oxygen atoms in total. The summed E-state index contributed by atoms with van der Waals surface area (Å²) in [6.07, 6.45) is 0. The molecule has 0 saturated heterocycles. The summed E-state index contributed by atoms with van der Waals surface area (Å²) in [4.78, 5) is 19.2. The zero-order valence-corrected chi connectivity index (χ0v) is 12.4. The molecule has 2 rings (SSSR count). The van der Waals surface area contributed by atoms with Crippen LogP contribution in [0.4, 0.5) is 0 Å². The topological polar surface area (TPSA) is 45.8 Å². The lowest BCUT2D eigenvalue weighted by Crippen LogP contribution is -2.16. The number of aromatic nitrogens is 2. The van der Waals surface area contributed by atoms with Crippen molar-refractivity contribution in [2.24, 2.45) is 0 Å². The van der Waals surface area contributed by atoms with Crippen molar-refractivity contribution in [3.63, 3.8) is 0 Å². The Hall–Kier alpha value is -1.32. The monoisotopic (exact) mass is 296 g/mol. The Morgan fingerprint density at radius 1 is 1.21 bits per heavy atom. The van der Waals surface area contributed by atoms with E-state index < -0.39 is 0 Å². The number of nitrogens with one attached hydrogen (secondary N) is 1. The van der Waals surface area contributed by atoms with Gasteiger partial charge in [-0.25, -0.2) is 4.98 Å². The summed E-state index contributed by atoms with van der Waals surface area (Å²) in [6.45, 7) is 5.70. The predicted octanol–water partition coefficient (Wildman–Crippen LogP) is 4.18. The van der Waals surface area contributed by atoms with Crippen LogP contribution >= 0.6 is 23.2 Å². The first-order valence-electron chi connectivity index (χ1n) is 5.96. The van der Waals surface area contributed by atoms with Crippen molar-refractivity contribution in [2.75, 3.05) is 0 Å². The van der Waals surface area contributed by atoms with Crippen molar-refractivity contribution < 1.29 is 0 Å². The second-order valence-corrected chi connectivity index (χ2v) is 5.52. The van der Waals surface area contributed by atoms with Crippen LogP contribution in [-0.2, 0) is 0 Å². The van der Waals surface area contributed by atoms with Gasteiger partial charge in [0.1, 0.15) is 5.82 Å². The molecule has 19 heavy (non-hydrogen) atoms. The number of aromatic amines is 1. The predicted molar refractivity (Wildman–Crippen MR) is 79.1 cm³/mol. The Kier molecular flexibility index (Phi) is 3.97. The Morgan fingerprint density at radius 2 is 1.89 bits per heavy atom. The molecule has 0 aliphatic carbocycles. The SMILES string of the molecule is Cc1c(-c2ccc(Cl)c(Cl)c2)nc(C(C)C)[nH]c1=O. The van der Waals surface area contributed by atoms with Crippen LogP contribution in [0.15, 0.2) is 23.0 Å². The third kappa shape index (κ3) is 2.82. The van der Waals surface area contributed by atoms with Gasteiger partial charge in [0.05, 0.1) is 15.7 Å². The molecule has 0 aliphatic rings. The van der Waals surface area contributed by atoms with Crippen molar-refractivity contribution in [3.8, 4) is 11.3 Å². The van der Waals surface area contributed by atoms with Gasteiger partial charge in [0, 0.05) is 17.0 Å². The minimum atomic E-state index is -0.125. The highest BCUT2D eigenvalue weighted by molar-refractivity contribution is 6.42. The van der Waals surface area contributed by atoms with Crippen molar-refractivity contribution in [1.29, 1.82) is 0 Å². The van der Waals surface area contributed by atoms with Crippen LogP contribution in [0.3, 0.4) is 0 Å². The number of hydrogen-bond acceptors (Lipinski definition) is 2. The molecule has 0 aliphatic heterocycles. The molecule has 1 N–H and O–H groups in total. The van der Waals surface area contributed by atoms with Gasteiger partial charge >= 0.3 is 0 Å². The van der Waals surface area contributed by atoms with Crippen molar-refractivity contribution >= 4 is 23.2 Å². The van der Waals surface area contributed by atoms with E-state index in [-0.39, 0.29) is 11.5 Å². The molecular formula is C14H14Cl2N2O. The molecule has 2 aromatic rings. The molecule has 0 spiro atoms. The minimum absolute atomic E-state index is 0.125. The number of nitrogens with zero attached hydrogens (tertiary/aromatic N) is 1. The first-order chi connectivity index (χ1) is 8.90. The van der Waals surface area contributed by atoms with Crippen LogP contribution in [0, 0.1) is 6.92 Å². The maximum Gasteiger partial charge on any atom is 0.254 e. The number of H-pyrrole nitrogens is 1. The normalized spacial score (nSPS) is 11.1. The summed E-state index contributed by atoms with van der Waals surface area (Å²) in [6, 6.07) is 5.24. The lowest BCUT2D eigenvalue weighted by Gasteiger charge is -2.10. The fraction of sp³-hybridized carbons (Fsp3) is 0.286. The number of hydrogen-bond donors (Lipinski definition) is 1. The summed E-state index contributed by atoms with van der Waals surface area (Å²) >= 11 is 11.9. The van der Waals surface area contributed by atoms with Gasteiger partial charge in [0.25, 0.3) is 5.56 Å². The van der Waals surface area contributed by atoms with E-state index in [0.29, 0.717) is 27.1 Å².